The molecule has 0 unspecified atom stereocenters. The summed E-state index contributed by atoms with van der Waals surface area (Å²) >= 11 is 9.30. The minimum atomic E-state index is -0.382. The summed E-state index contributed by atoms with van der Waals surface area (Å²) in [6, 6.07) is 2.63. The number of nitrogens with zero attached hydrogens (tertiary/aromatic N) is 2. The summed E-state index contributed by atoms with van der Waals surface area (Å²) in [5, 5.41) is 3.42. The van der Waals surface area contributed by atoms with E-state index < -0.39 is 0 Å². The Morgan fingerprint density at radius 1 is 1.50 bits per heavy atom. The standard InChI is InChI=1S/C12H12BrClFN3/c1-3-18-6-7(2)16-12(18)17-11-9(13)4-8(15)5-10(11)14/h4-6H,3H2,1-2H3,(H,16,17). The predicted octanol–water partition coefficient (Wildman–Crippen LogP) is 4.51. The van der Waals surface area contributed by atoms with E-state index in [0.717, 1.165) is 12.2 Å². The van der Waals surface area contributed by atoms with Gasteiger partial charge in [0, 0.05) is 17.2 Å². The predicted molar refractivity (Wildman–Crippen MR) is 75.0 cm³/mol. The number of anilines is 2. The van der Waals surface area contributed by atoms with E-state index >= 15 is 0 Å². The molecule has 0 atom stereocenters. The fourth-order valence-electron chi connectivity index (χ4n) is 1.66. The molecule has 0 aliphatic rings. The molecule has 0 saturated carbocycles. The summed E-state index contributed by atoms with van der Waals surface area (Å²) < 4.78 is 15.7. The number of aromatic nitrogens is 2. The molecular weight excluding hydrogens is 321 g/mol. The third-order valence-electron chi connectivity index (χ3n) is 2.48. The molecule has 1 heterocycles. The summed E-state index contributed by atoms with van der Waals surface area (Å²) in [7, 11) is 0. The van der Waals surface area contributed by atoms with Gasteiger partial charge in [-0.1, -0.05) is 11.6 Å². The zero-order valence-electron chi connectivity index (χ0n) is 9.97. The van der Waals surface area contributed by atoms with E-state index in [1.165, 1.54) is 12.1 Å². The van der Waals surface area contributed by atoms with Gasteiger partial charge in [0.15, 0.2) is 0 Å². The van der Waals surface area contributed by atoms with Crippen LogP contribution in [0.25, 0.3) is 0 Å². The Balaban J connectivity index is 2.39. The van der Waals surface area contributed by atoms with Crippen LogP contribution in [0.15, 0.2) is 22.8 Å². The maximum Gasteiger partial charge on any atom is 0.207 e. The highest BCUT2D eigenvalue weighted by Crippen LogP contribution is 2.33. The fraction of sp³-hybridized carbons (Fsp3) is 0.250. The van der Waals surface area contributed by atoms with Crippen molar-refractivity contribution in [2.45, 2.75) is 20.4 Å². The van der Waals surface area contributed by atoms with Gasteiger partial charge in [-0.2, -0.15) is 0 Å². The van der Waals surface area contributed by atoms with Gasteiger partial charge in [-0.25, -0.2) is 9.37 Å². The number of halogens is 3. The fourth-order valence-corrected chi connectivity index (χ4v) is 2.56. The SMILES string of the molecule is CCn1cc(C)nc1Nc1c(Cl)cc(F)cc1Br. The van der Waals surface area contributed by atoms with Crippen molar-refractivity contribution in [3.05, 3.63) is 39.3 Å². The highest BCUT2D eigenvalue weighted by Gasteiger charge is 2.11. The van der Waals surface area contributed by atoms with Gasteiger partial charge in [-0.3, -0.25) is 0 Å². The molecule has 0 spiro atoms. The van der Waals surface area contributed by atoms with Crippen LogP contribution >= 0.6 is 27.5 Å². The van der Waals surface area contributed by atoms with E-state index in [9.17, 15) is 4.39 Å². The van der Waals surface area contributed by atoms with Crippen LogP contribution in [-0.4, -0.2) is 9.55 Å². The summed E-state index contributed by atoms with van der Waals surface area (Å²) in [5.74, 6) is 0.302. The Kier molecular flexibility index (Phi) is 3.92. The highest BCUT2D eigenvalue weighted by molar-refractivity contribution is 9.10. The maximum atomic E-state index is 13.1. The molecule has 6 heteroatoms. The second kappa shape index (κ2) is 5.28. The highest BCUT2D eigenvalue weighted by atomic mass is 79.9. The first-order valence-electron chi connectivity index (χ1n) is 5.46. The summed E-state index contributed by atoms with van der Waals surface area (Å²) in [5.41, 5.74) is 1.52. The number of rotatable bonds is 3. The van der Waals surface area contributed by atoms with Crippen LogP contribution < -0.4 is 5.32 Å². The molecule has 0 fully saturated rings. The first-order valence-corrected chi connectivity index (χ1v) is 6.63. The lowest BCUT2D eigenvalue weighted by Gasteiger charge is -2.11. The van der Waals surface area contributed by atoms with E-state index in [-0.39, 0.29) is 5.82 Å². The molecule has 1 N–H and O–H groups in total. The largest absolute Gasteiger partial charge is 0.323 e. The lowest BCUT2D eigenvalue weighted by Crippen LogP contribution is -2.02. The number of aryl methyl sites for hydroxylation is 2. The topological polar surface area (TPSA) is 29.9 Å². The second-order valence-electron chi connectivity index (χ2n) is 3.86. The van der Waals surface area contributed by atoms with Crippen LogP contribution in [0.1, 0.15) is 12.6 Å². The van der Waals surface area contributed by atoms with Crippen LogP contribution in [-0.2, 0) is 6.54 Å². The molecule has 96 valence electrons. The number of nitrogens with one attached hydrogen (secondary N) is 1. The molecule has 2 aromatic rings. The van der Waals surface area contributed by atoms with Crippen LogP contribution in [0.5, 0.6) is 0 Å². The average molecular weight is 333 g/mol. The van der Waals surface area contributed by atoms with Gasteiger partial charge >= 0.3 is 0 Å². The van der Waals surface area contributed by atoms with Gasteiger partial charge in [0.1, 0.15) is 5.82 Å². The van der Waals surface area contributed by atoms with Crippen molar-refractivity contribution in [2.24, 2.45) is 0 Å². The zero-order valence-corrected chi connectivity index (χ0v) is 12.3. The molecule has 2 rings (SSSR count). The smallest absolute Gasteiger partial charge is 0.207 e. The monoisotopic (exact) mass is 331 g/mol. The molecule has 0 aliphatic heterocycles. The molecule has 3 nitrogen and oxygen atoms in total. The van der Waals surface area contributed by atoms with Crippen molar-refractivity contribution < 1.29 is 4.39 Å². The van der Waals surface area contributed by atoms with E-state index in [4.69, 9.17) is 11.6 Å². The molecule has 1 aromatic carbocycles. The summed E-state index contributed by atoms with van der Waals surface area (Å²) in [4.78, 5) is 4.36. The van der Waals surface area contributed by atoms with Gasteiger partial charge in [0.25, 0.3) is 0 Å². The number of hydrogen-bond acceptors (Lipinski definition) is 2. The Hall–Kier alpha value is -1.07. The Labute approximate surface area is 118 Å². The first kappa shape index (κ1) is 13.4. The summed E-state index contributed by atoms with van der Waals surface area (Å²) in [6.07, 6.45) is 1.94. The zero-order chi connectivity index (χ0) is 13.3. The third kappa shape index (κ3) is 2.67. The van der Waals surface area contributed by atoms with Crippen molar-refractivity contribution in [2.75, 3.05) is 5.32 Å². The molecule has 0 amide bonds. The molecule has 0 radical (unpaired) electrons. The average Bonchev–Trinajstić information content (AvgIpc) is 2.64. The van der Waals surface area contributed by atoms with Gasteiger partial charge in [0.2, 0.25) is 5.95 Å². The van der Waals surface area contributed by atoms with Crippen LogP contribution in [0.4, 0.5) is 16.0 Å². The molecule has 0 aliphatic carbocycles. The first-order chi connectivity index (χ1) is 8.51. The molecule has 18 heavy (non-hydrogen) atoms. The third-order valence-corrected chi connectivity index (χ3v) is 3.40. The Bertz CT molecular complexity index is 560. The van der Waals surface area contributed by atoms with Gasteiger partial charge < -0.3 is 9.88 Å². The minimum Gasteiger partial charge on any atom is -0.323 e. The molecule has 0 bridgehead atoms. The number of benzene rings is 1. The van der Waals surface area contributed by atoms with Crippen molar-refractivity contribution >= 4 is 39.2 Å². The van der Waals surface area contributed by atoms with Crippen LogP contribution in [0.2, 0.25) is 5.02 Å². The van der Waals surface area contributed by atoms with Crippen molar-refractivity contribution in [1.82, 2.24) is 9.55 Å². The van der Waals surface area contributed by atoms with Crippen molar-refractivity contribution in [3.8, 4) is 0 Å². The molecule has 0 saturated heterocycles. The molecule has 1 aromatic heterocycles. The molecular formula is C12H12BrClFN3. The van der Waals surface area contributed by atoms with E-state index in [1.54, 1.807) is 0 Å². The van der Waals surface area contributed by atoms with E-state index in [2.05, 4.69) is 26.2 Å². The maximum absolute atomic E-state index is 13.1. The van der Waals surface area contributed by atoms with E-state index in [1.807, 2.05) is 24.6 Å². The normalized spacial score (nSPS) is 10.7. The Morgan fingerprint density at radius 2 is 2.22 bits per heavy atom. The van der Waals surface area contributed by atoms with Crippen LogP contribution in [0, 0.1) is 12.7 Å². The number of hydrogen-bond donors (Lipinski definition) is 1. The van der Waals surface area contributed by atoms with Gasteiger partial charge in [-0.05, 0) is 41.9 Å². The number of imidazole rings is 1. The van der Waals surface area contributed by atoms with Crippen molar-refractivity contribution in [3.63, 3.8) is 0 Å². The van der Waals surface area contributed by atoms with Crippen LogP contribution in [0.3, 0.4) is 0 Å². The lowest BCUT2D eigenvalue weighted by molar-refractivity contribution is 0.627. The van der Waals surface area contributed by atoms with Crippen molar-refractivity contribution in [1.29, 1.82) is 0 Å². The minimum absolute atomic E-state index is 0.310. The van der Waals surface area contributed by atoms with Gasteiger partial charge in [0.05, 0.1) is 16.4 Å². The lowest BCUT2D eigenvalue weighted by atomic mass is 10.3. The Morgan fingerprint density at radius 3 is 2.83 bits per heavy atom. The summed E-state index contributed by atoms with van der Waals surface area (Å²) in [6.45, 7) is 4.73. The quantitative estimate of drug-likeness (QED) is 0.896. The van der Waals surface area contributed by atoms with E-state index in [0.29, 0.717) is 21.1 Å². The second-order valence-corrected chi connectivity index (χ2v) is 5.12. The van der Waals surface area contributed by atoms with Gasteiger partial charge in [-0.15, -0.1) is 0 Å².